The molecule has 0 aromatic heterocycles. The van der Waals surface area contributed by atoms with Crippen molar-refractivity contribution in [2.24, 2.45) is 28.8 Å². The molecule has 1 heterocycles. The standard InChI is InChI=1S/C16H12ClN3O4/c17-11-4-1-8(5-12(11)20(23)24)7-18-19-15(21)13-9-2-3-10(6-9)14(13)16(19)22/h1-5,7,9-10,13-14H,6H2/b18-7-/t9-,10-,13+,14+/m0/s1. The minimum absolute atomic E-state index is 0.0163. The van der Waals surface area contributed by atoms with E-state index in [0.29, 0.717) is 5.56 Å². The second-order valence-corrected chi connectivity index (χ2v) is 6.61. The first-order chi connectivity index (χ1) is 11.5. The summed E-state index contributed by atoms with van der Waals surface area (Å²) in [5.74, 6) is -0.974. The Kier molecular flexibility index (Phi) is 3.28. The Morgan fingerprint density at radius 1 is 1.21 bits per heavy atom. The Bertz CT molecular complexity index is 805. The SMILES string of the molecule is O=C1[C@H]2[C@H](C(=O)N1/N=C\c1ccc(Cl)c([N+](=O)[O-])c1)[C@H]1C=C[C@H]2C1. The number of nitro benzene ring substituents is 1. The van der Waals surface area contributed by atoms with Gasteiger partial charge < -0.3 is 0 Å². The molecule has 0 N–H and O–H groups in total. The lowest BCUT2D eigenvalue weighted by Gasteiger charge is -2.13. The predicted octanol–water partition coefficient (Wildman–Crippen LogP) is 2.39. The van der Waals surface area contributed by atoms with E-state index in [1.54, 1.807) is 0 Å². The third kappa shape index (κ3) is 2.08. The number of nitrogens with zero attached hydrogens (tertiary/aromatic N) is 3. The fraction of sp³-hybridized carbons (Fsp3) is 0.312. The lowest BCUT2D eigenvalue weighted by Crippen LogP contribution is -2.28. The lowest BCUT2D eigenvalue weighted by atomic mass is 9.85. The van der Waals surface area contributed by atoms with Crippen molar-refractivity contribution in [2.75, 3.05) is 0 Å². The summed E-state index contributed by atoms with van der Waals surface area (Å²) in [6, 6.07) is 4.17. The van der Waals surface area contributed by atoms with Crippen molar-refractivity contribution in [1.82, 2.24) is 5.01 Å². The van der Waals surface area contributed by atoms with Crippen LogP contribution in [0, 0.1) is 33.8 Å². The van der Waals surface area contributed by atoms with Gasteiger partial charge in [0.2, 0.25) is 0 Å². The van der Waals surface area contributed by atoms with E-state index in [1.165, 1.54) is 24.4 Å². The number of halogens is 1. The number of hydrogen-bond donors (Lipinski definition) is 0. The predicted molar refractivity (Wildman–Crippen MR) is 85.3 cm³/mol. The van der Waals surface area contributed by atoms with Gasteiger partial charge in [-0.25, -0.2) is 0 Å². The number of hydrazone groups is 1. The van der Waals surface area contributed by atoms with Crippen LogP contribution in [0.5, 0.6) is 0 Å². The van der Waals surface area contributed by atoms with Crippen LogP contribution in [0.15, 0.2) is 35.5 Å². The van der Waals surface area contributed by atoms with E-state index in [4.69, 9.17) is 11.6 Å². The van der Waals surface area contributed by atoms with Gasteiger partial charge >= 0.3 is 0 Å². The van der Waals surface area contributed by atoms with Crippen molar-refractivity contribution >= 4 is 35.3 Å². The Labute approximate surface area is 141 Å². The Balaban J connectivity index is 1.59. The maximum atomic E-state index is 12.5. The average Bonchev–Trinajstić information content (AvgIpc) is 3.22. The summed E-state index contributed by atoms with van der Waals surface area (Å²) in [5.41, 5.74) is 0.142. The summed E-state index contributed by atoms with van der Waals surface area (Å²) in [6.07, 6.45) is 6.14. The van der Waals surface area contributed by atoms with E-state index in [-0.39, 0.29) is 46.2 Å². The molecular weight excluding hydrogens is 334 g/mol. The van der Waals surface area contributed by atoms with E-state index >= 15 is 0 Å². The fourth-order valence-electron chi connectivity index (χ4n) is 3.87. The van der Waals surface area contributed by atoms with E-state index in [1.807, 2.05) is 12.2 Å². The van der Waals surface area contributed by atoms with Crippen molar-refractivity contribution in [3.05, 3.63) is 51.1 Å². The molecule has 2 bridgehead atoms. The Morgan fingerprint density at radius 3 is 2.42 bits per heavy atom. The zero-order valence-electron chi connectivity index (χ0n) is 12.3. The number of carbonyl (C=O) groups is 2. The monoisotopic (exact) mass is 345 g/mol. The molecule has 2 amide bonds. The molecule has 8 heteroatoms. The number of carbonyl (C=O) groups excluding carboxylic acids is 2. The van der Waals surface area contributed by atoms with Crippen molar-refractivity contribution in [2.45, 2.75) is 6.42 Å². The number of allylic oxidation sites excluding steroid dienone is 2. The summed E-state index contributed by atoms with van der Waals surface area (Å²) in [7, 11) is 0. The van der Waals surface area contributed by atoms with E-state index in [0.717, 1.165) is 11.4 Å². The van der Waals surface area contributed by atoms with Gasteiger partial charge in [-0.15, -0.1) is 0 Å². The highest BCUT2D eigenvalue weighted by atomic mass is 35.5. The molecule has 1 aliphatic heterocycles. The lowest BCUT2D eigenvalue weighted by molar-refractivity contribution is -0.384. The highest BCUT2D eigenvalue weighted by Crippen LogP contribution is 2.52. The second-order valence-electron chi connectivity index (χ2n) is 6.20. The number of nitro groups is 1. The minimum atomic E-state index is -0.598. The average molecular weight is 346 g/mol. The first-order valence-electron chi connectivity index (χ1n) is 7.51. The summed E-state index contributed by atoms with van der Waals surface area (Å²) in [5, 5.41) is 15.8. The van der Waals surface area contributed by atoms with Gasteiger partial charge in [0.05, 0.1) is 23.0 Å². The quantitative estimate of drug-likeness (QED) is 0.276. The molecular formula is C16H12ClN3O4. The molecule has 2 fully saturated rings. The van der Waals surface area contributed by atoms with Crippen LogP contribution in [0.2, 0.25) is 5.02 Å². The molecule has 0 spiro atoms. The smallest absolute Gasteiger partial charge is 0.272 e. The maximum absolute atomic E-state index is 12.5. The molecule has 4 atom stereocenters. The van der Waals surface area contributed by atoms with E-state index < -0.39 is 4.92 Å². The van der Waals surface area contributed by atoms with Gasteiger partial charge in [-0.3, -0.25) is 19.7 Å². The normalized spacial score (nSPS) is 30.6. The maximum Gasteiger partial charge on any atom is 0.288 e. The first kappa shape index (κ1) is 15.0. The van der Waals surface area contributed by atoms with Crippen LogP contribution in [0.25, 0.3) is 0 Å². The van der Waals surface area contributed by atoms with Crippen LogP contribution in [-0.4, -0.2) is 28.0 Å². The second kappa shape index (κ2) is 5.24. The van der Waals surface area contributed by atoms with Gasteiger partial charge in [0.25, 0.3) is 17.5 Å². The van der Waals surface area contributed by atoms with Crippen LogP contribution >= 0.6 is 11.6 Å². The largest absolute Gasteiger partial charge is 0.288 e. The van der Waals surface area contributed by atoms with E-state index in [2.05, 4.69) is 5.10 Å². The zero-order chi connectivity index (χ0) is 17.0. The third-order valence-corrected chi connectivity index (χ3v) is 5.26. The van der Waals surface area contributed by atoms with Gasteiger partial charge in [0, 0.05) is 11.6 Å². The van der Waals surface area contributed by atoms with Crippen LogP contribution in [0.1, 0.15) is 12.0 Å². The van der Waals surface area contributed by atoms with Crippen LogP contribution in [-0.2, 0) is 9.59 Å². The summed E-state index contributed by atoms with van der Waals surface area (Å²) in [4.78, 5) is 35.2. The van der Waals surface area contributed by atoms with E-state index in [9.17, 15) is 19.7 Å². The molecule has 122 valence electrons. The topological polar surface area (TPSA) is 92.9 Å². The molecule has 1 saturated heterocycles. The first-order valence-corrected chi connectivity index (χ1v) is 7.89. The van der Waals surface area contributed by atoms with Crippen molar-refractivity contribution in [3.63, 3.8) is 0 Å². The molecule has 2 aliphatic carbocycles. The highest BCUT2D eigenvalue weighted by Gasteiger charge is 2.59. The van der Waals surface area contributed by atoms with Gasteiger partial charge in [0.15, 0.2) is 0 Å². The van der Waals surface area contributed by atoms with Crippen molar-refractivity contribution < 1.29 is 14.5 Å². The number of amides is 2. The van der Waals surface area contributed by atoms with Gasteiger partial charge in [-0.05, 0) is 24.3 Å². The summed E-state index contributed by atoms with van der Waals surface area (Å²) in [6.45, 7) is 0. The van der Waals surface area contributed by atoms with Crippen molar-refractivity contribution in [3.8, 4) is 0 Å². The molecule has 4 rings (SSSR count). The number of benzene rings is 1. The number of fused-ring (bicyclic) bond motifs is 5. The summed E-state index contributed by atoms with van der Waals surface area (Å²) >= 11 is 5.76. The Hall–Kier alpha value is -2.54. The van der Waals surface area contributed by atoms with Crippen LogP contribution in [0.4, 0.5) is 5.69 Å². The fourth-order valence-corrected chi connectivity index (χ4v) is 4.06. The highest BCUT2D eigenvalue weighted by molar-refractivity contribution is 6.32. The molecule has 1 aromatic rings. The zero-order valence-corrected chi connectivity index (χ0v) is 13.1. The van der Waals surface area contributed by atoms with Crippen LogP contribution < -0.4 is 0 Å². The molecule has 7 nitrogen and oxygen atoms in total. The molecule has 0 radical (unpaired) electrons. The summed E-state index contributed by atoms with van der Waals surface area (Å²) < 4.78 is 0. The molecule has 24 heavy (non-hydrogen) atoms. The molecule has 1 aromatic carbocycles. The third-order valence-electron chi connectivity index (χ3n) is 4.94. The number of rotatable bonds is 3. The number of imide groups is 1. The Morgan fingerprint density at radius 2 is 1.83 bits per heavy atom. The van der Waals surface area contributed by atoms with Crippen molar-refractivity contribution in [1.29, 1.82) is 0 Å². The molecule has 3 aliphatic rings. The minimum Gasteiger partial charge on any atom is -0.272 e. The van der Waals surface area contributed by atoms with Crippen LogP contribution in [0.3, 0.4) is 0 Å². The van der Waals surface area contributed by atoms with Gasteiger partial charge in [0.1, 0.15) is 5.02 Å². The molecule has 1 saturated carbocycles. The van der Waals surface area contributed by atoms with Gasteiger partial charge in [-0.2, -0.15) is 10.1 Å². The molecule has 0 unspecified atom stereocenters. The number of hydrogen-bond acceptors (Lipinski definition) is 5. The van der Waals surface area contributed by atoms with Gasteiger partial charge in [-0.1, -0.05) is 29.8 Å².